The molecule has 3 amide bonds. The molecule has 86 valence electrons. The number of ether oxygens (including phenoxy) is 1. The van der Waals surface area contributed by atoms with Gasteiger partial charge in [0.2, 0.25) is 0 Å². The lowest BCUT2D eigenvalue weighted by molar-refractivity contribution is -0.121. The number of amides is 3. The number of nitrogens with one attached hydrogen (secondary N) is 1. The molecule has 0 atom stereocenters. The van der Waals surface area contributed by atoms with Crippen molar-refractivity contribution in [2.24, 2.45) is 5.73 Å². The fraction of sp³-hybridized carbons (Fsp3) is 0.200. The number of benzene rings is 1. The second-order valence-corrected chi connectivity index (χ2v) is 3.11. The average molecular weight is 226 g/mol. The van der Waals surface area contributed by atoms with E-state index >= 15 is 0 Å². The third-order valence-electron chi connectivity index (χ3n) is 1.76. The second kappa shape index (κ2) is 5.11. The van der Waals surface area contributed by atoms with Crippen molar-refractivity contribution in [3.8, 4) is 5.75 Å². The Kier molecular flexibility index (Phi) is 3.82. The van der Waals surface area contributed by atoms with Gasteiger partial charge in [-0.1, -0.05) is 0 Å². The highest BCUT2D eigenvalue weighted by molar-refractivity contribution is 5.94. The highest BCUT2D eigenvalue weighted by Gasteiger charge is 2.06. The molecule has 6 heteroatoms. The van der Waals surface area contributed by atoms with Crippen LogP contribution in [0, 0.1) is 12.7 Å². The van der Waals surface area contributed by atoms with Crippen LogP contribution in [0.5, 0.6) is 5.75 Å². The molecule has 0 radical (unpaired) electrons. The van der Waals surface area contributed by atoms with Gasteiger partial charge in [0.1, 0.15) is 11.6 Å². The summed E-state index contributed by atoms with van der Waals surface area (Å²) in [7, 11) is 0. The van der Waals surface area contributed by atoms with E-state index in [1.54, 1.807) is 6.92 Å². The van der Waals surface area contributed by atoms with Gasteiger partial charge in [0.25, 0.3) is 5.91 Å². The monoisotopic (exact) mass is 226 g/mol. The van der Waals surface area contributed by atoms with Crippen molar-refractivity contribution in [3.05, 3.63) is 29.6 Å². The molecule has 0 spiro atoms. The zero-order valence-corrected chi connectivity index (χ0v) is 8.62. The van der Waals surface area contributed by atoms with E-state index in [1.807, 2.05) is 5.32 Å². The molecule has 0 saturated carbocycles. The highest BCUT2D eigenvalue weighted by atomic mass is 19.1. The normalized spacial score (nSPS) is 9.62. The lowest BCUT2D eigenvalue weighted by atomic mass is 10.2. The van der Waals surface area contributed by atoms with Crippen molar-refractivity contribution < 1.29 is 18.7 Å². The Balaban J connectivity index is 2.51. The predicted molar refractivity (Wildman–Crippen MR) is 54.4 cm³/mol. The van der Waals surface area contributed by atoms with Gasteiger partial charge in [0.05, 0.1) is 0 Å². The number of carbonyl (C=O) groups is 2. The summed E-state index contributed by atoms with van der Waals surface area (Å²) >= 11 is 0. The summed E-state index contributed by atoms with van der Waals surface area (Å²) in [5, 5.41) is 1.84. The molecule has 0 aromatic heterocycles. The van der Waals surface area contributed by atoms with Crippen LogP contribution in [0.25, 0.3) is 0 Å². The van der Waals surface area contributed by atoms with E-state index in [4.69, 9.17) is 10.5 Å². The smallest absolute Gasteiger partial charge is 0.318 e. The number of aryl methyl sites for hydroxylation is 1. The number of imide groups is 1. The Morgan fingerprint density at radius 2 is 2.19 bits per heavy atom. The molecule has 0 fully saturated rings. The minimum atomic E-state index is -0.941. The standard InChI is InChI=1S/C10H11FN2O3/c1-6-4-7(2-3-8(6)11)16-5-9(14)13-10(12)15/h2-4H,5H2,1H3,(H3,12,13,14,15). The number of hydrogen-bond acceptors (Lipinski definition) is 3. The quantitative estimate of drug-likeness (QED) is 0.796. The van der Waals surface area contributed by atoms with Crippen molar-refractivity contribution in [2.45, 2.75) is 6.92 Å². The average Bonchev–Trinajstić information content (AvgIpc) is 2.19. The Labute approximate surface area is 91.4 Å². The van der Waals surface area contributed by atoms with Crippen LogP contribution in [0.2, 0.25) is 0 Å². The molecule has 0 saturated heterocycles. The molecule has 5 nitrogen and oxygen atoms in total. The maximum absolute atomic E-state index is 12.9. The lowest BCUT2D eigenvalue weighted by Gasteiger charge is -2.06. The molecule has 0 aliphatic carbocycles. The summed E-state index contributed by atoms with van der Waals surface area (Å²) in [6.07, 6.45) is 0. The highest BCUT2D eigenvalue weighted by Crippen LogP contribution is 2.15. The van der Waals surface area contributed by atoms with Crippen molar-refractivity contribution in [1.82, 2.24) is 5.32 Å². The summed E-state index contributed by atoms with van der Waals surface area (Å²) < 4.78 is 17.9. The maximum Gasteiger partial charge on any atom is 0.318 e. The topological polar surface area (TPSA) is 81.4 Å². The molecular weight excluding hydrogens is 215 g/mol. The van der Waals surface area contributed by atoms with Crippen LogP contribution >= 0.6 is 0 Å². The molecular formula is C10H11FN2O3. The van der Waals surface area contributed by atoms with Gasteiger partial charge in [0.15, 0.2) is 6.61 Å². The van der Waals surface area contributed by atoms with Gasteiger partial charge in [-0.25, -0.2) is 9.18 Å². The van der Waals surface area contributed by atoms with Crippen LogP contribution in [0.3, 0.4) is 0 Å². The first kappa shape index (κ1) is 12.0. The lowest BCUT2D eigenvalue weighted by Crippen LogP contribution is -2.38. The van der Waals surface area contributed by atoms with Crippen LogP contribution in [0.4, 0.5) is 9.18 Å². The van der Waals surface area contributed by atoms with E-state index in [2.05, 4.69) is 0 Å². The van der Waals surface area contributed by atoms with Crippen LogP contribution < -0.4 is 15.8 Å². The second-order valence-electron chi connectivity index (χ2n) is 3.11. The third-order valence-corrected chi connectivity index (χ3v) is 1.76. The SMILES string of the molecule is Cc1cc(OCC(=O)NC(N)=O)ccc1F. The molecule has 1 rings (SSSR count). The van der Waals surface area contributed by atoms with E-state index in [9.17, 15) is 14.0 Å². The molecule has 16 heavy (non-hydrogen) atoms. The first-order valence-corrected chi connectivity index (χ1v) is 4.47. The van der Waals surface area contributed by atoms with E-state index in [1.165, 1.54) is 18.2 Å². The molecule has 3 N–H and O–H groups in total. The molecule has 0 aliphatic rings. The summed E-state index contributed by atoms with van der Waals surface area (Å²) in [4.78, 5) is 21.3. The summed E-state index contributed by atoms with van der Waals surface area (Å²) in [5.74, 6) is -0.665. The van der Waals surface area contributed by atoms with Crippen molar-refractivity contribution >= 4 is 11.9 Å². The Morgan fingerprint density at radius 3 is 2.75 bits per heavy atom. The Morgan fingerprint density at radius 1 is 1.50 bits per heavy atom. The maximum atomic E-state index is 12.9. The summed E-state index contributed by atoms with van der Waals surface area (Å²) in [5.41, 5.74) is 5.14. The minimum absolute atomic E-state index is 0.346. The molecule has 0 bridgehead atoms. The van der Waals surface area contributed by atoms with Crippen molar-refractivity contribution in [2.75, 3.05) is 6.61 Å². The van der Waals surface area contributed by atoms with Gasteiger partial charge < -0.3 is 10.5 Å². The fourth-order valence-electron chi connectivity index (χ4n) is 1.03. The number of halogens is 1. The Bertz CT molecular complexity index is 421. The van der Waals surface area contributed by atoms with Crippen LogP contribution in [0.1, 0.15) is 5.56 Å². The first-order chi connectivity index (χ1) is 7.49. The van der Waals surface area contributed by atoms with Gasteiger partial charge in [-0.05, 0) is 30.7 Å². The van der Waals surface area contributed by atoms with E-state index in [0.717, 1.165) is 0 Å². The first-order valence-electron chi connectivity index (χ1n) is 4.47. The zero-order chi connectivity index (χ0) is 12.1. The fourth-order valence-corrected chi connectivity index (χ4v) is 1.03. The van der Waals surface area contributed by atoms with Gasteiger partial charge in [-0.3, -0.25) is 10.1 Å². The van der Waals surface area contributed by atoms with Crippen molar-refractivity contribution in [3.63, 3.8) is 0 Å². The van der Waals surface area contributed by atoms with Crippen LogP contribution in [-0.2, 0) is 4.79 Å². The van der Waals surface area contributed by atoms with E-state index in [0.29, 0.717) is 11.3 Å². The molecule has 1 aromatic carbocycles. The van der Waals surface area contributed by atoms with E-state index < -0.39 is 11.9 Å². The number of nitrogens with two attached hydrogens (primary N) is 1. The Hall–Kier alpha value is -2.11. The van der Waals surface area contributed by atoms with E-state index in [-0.39, 0.29) is 12.4 Å². The molecule has 0 heterocycles. The predicted octanol–water partition coefficient (Wildman–Crippen LogP) is 0.708. The number of carbonyl (C=O) groups excluding carboxylic acids is 2. The number of rotatable bonds is 3. The molecule has 0 aliphatic heterocycles. The minimum Gasteiger partial charge on any atom is -0.484 e. The molecule has 0 unspecified atom stereocenters. The van der Waals surface area contributed by atoms with Gasteiger partial charge in [0, 0.05) is 0 Å². The van der Waals surface area contributed by atoms with Gasteiger partial charge in [-0.15, -0.1) is 0 Å². The van der Waals surface area contributed by atoms with Gasteiger partial charge >= 0.3 is 6.03 Å². The number of primary amides is 1. The third kappa shape index (κ3) is 3.56. The summed E-state index contributed by atoms with van der Waals surface area (Å²) in [6, 6.07) is 3.13. The van der Waals surface area contributed by atoms with Crippen LogP contribution in [0.15, 0.2) is 18.2 Å². The largest absolute Gasteiger partial charge is 0.484 e. The number of hydrogen-bond donors (Lipinski definition) is 2. The number of urea groups is 1. The van der Waals surface area contributed by atoms with Gasteiger partial charge in [-0.2, -0.15) is 0 Å². The summed E-state index contributed by atoms with van der Waals surface area (Å²) in [6.45, 7) is 1.22. The zero-order valence-electron chi connectivity index (χ0n) is 8.62. The molecule has 1 aromatic rings. The van der Waals surface area contributed by atoms with Crippen LogP contribution in [-0.4, -0.2) is 18.5 Å². The van der Waals surface area contributed by atoms with Crippen molar-refractivity contribution in [1.29, 1.82) is 0 Å².